The van der Waals surface area contributed by atoms with Crippen LogP contribution >= 0.6 is 7.60 Å². The molecule has 0 spiro atoms. The summed E-state index contributed by atoms with van der Waals surface area (Å²) in [7, 11) is -3.27. The van der Waals surface area contributed by atoms with Crippen LogP contribution in [0.3, 0.4) is 0 Å². The zero-order valence-electron chi connectivity index (χ0n) is 14.4. The van der Waals surface area contributed by atoms with E-state index in [-0.39, 0.29) is 0 Å². The van der Waals surface area contributed by atoms with Crippen molar-refractivity contribution in [3.05, 3.63) is 28.8 Å². The lowest BCUT2D eigenvalue weighted by molar-refractivity contribution is 0.181. The van der Waals surface area contributed by atoms with Crippen molar-refractivity contribution in [3.8, 4) is 0 Å². The molecule has 120 valence electrons. The van der Waals surface area contributed by atoms with Crippen molar-refractivity contribution in [2.24, 2.45) is 11.8 Å². The Balaban J connectivity index is 3.20. The Kier molecular flexibility index (Phi) is 6.65. The van der Waals surface area contributed by atoms with Crippen LogP contribution in [0.1, 0.15) is 44.4 Å². The van der Waals surface area contributed by atoms with Crippen LogP contribution in [0.25, 0.3) is 0 Å². The fourth-order valence-corrected chi connectivity index (χ4v) is 4.58. The minimum atomic E-state index is -3.27. The zero-order valence-corrected chi connectivity index (χ0v) is 15.3. The molecule has 0 N–H and O–H groups in total. The van der Waals surface area contributed by atoms with Gasteiger partial charge in [0.05, 0.1) is 18.5 Å². The van der Waals surface area contributed by atoms with Gasteiger partial charge in [-0.25, -0.2) is 0 Å². The Labute approximate surface area is 129 Å². The molecule has 1 rings (SSSR count). The number of hydrogen-bond donors (Lipinski definition) is 0. The smallest absolute Gasteiger partial charge is 0.305 e. The van der Waals surface area contributed by atoms with Gasteiger partial charge in [0.1, 0.15) is 0 Å². The first kappa shape index (κ1) is 18.4. The normalized spacial score (nSPS) is 12.4. The molecule has 21 heavy (non-hydrogen) atoms. The van der Waals surface area contributed by atoms with Crippen LogP contribution in [0.2, 0.25) is 0 Å². The van der Waals surface area contributed by atoms with Gasteiger partial charge in [-0.15, -0.1) is 0 Å². The fraction of sp³-hybridized carbons (Fsp3) is 0.647. The lowest BCUT2D eigenvalue weighted by atomic mass is 10.1. The molecule has 0 fully saturated rings. The molecule has 1 aromatic rings. The van der Waals surface area contributed by atoms with Crippen LogP contribution in [0.4, 0.5) is 0 Å². The lowest BCUT2D eigenvalue weighted by Crippen LogP contribution is -2.20. The van der Waals surface area contributed by atoms with Gasteiger partial charge in [0.25, 0.3) is 0 Å². The molecular formula is C17H29O3P. The molecular weight excluding hydrogens is 283 g/mol. The summed E-state index contributed by atoms with van der Waals surface area (Å²) < 4.78 is 24.9. The first-order valence-electron chi connectivity index (χ1n) is 7.63. The van der Waals surface area contributed by atoms with Gasteiger partial charge >= 0.3 is 7.60 Å². The number of aryl methyl sites for hydroxylation is 3. The highest BCUT2D eigenvalue weighted by Gasteiger charge is 2.32. The van der Waals surface area contributed by atoms with E-state index in [0.29, 0.717) is 25.0 Å². The van der Waals surface area contributed by atoms with Gasteiger partial charge in [0.2, 0.25) is 0 Å². The highest BCUT2D eigenvalue weighted by Crippen LogP contribution is 2.49. The van der Waals surface area contributed by atoms with Crippen molar-refractivity contribution in [1.29, 1.82) is 0 Å². The summed E-state index contributed by atoms with van der Waals surface area (Å²) >= 11 is 0. The summed E-state index contributed by atoms with van der Waals surface area (Å²) in [5, 5.41) is 0.731. The summed E-state index contributed by atoms with van der Waals surface area (Å²) in [6.07, 6.45) is 0. The van der Waals surface area contributed by atoms with Crippen molar-refractivity contribution < 1.29 is 13.6 Å². The van der Waals surface area contributed by atoms with E-state index in [1.807, 2.05) is 60.6 Å². The Morgan fingerprint density at radius 1 is 0.905 bits per heavy atom. The van der Waals surface area contributed by atoms with E-state index in [1.165, 1.54) is 0 Å². The van der Waals surface area contributed by atoms with Crippen molar-refractivity contribution in [2.75, 3.05) is 13.2 Å². The molecule has 0 radical (unpaired) electrons. The summed E-state index contributed by atoms with van der Waals surface area (Å²) in [4.78, 5) is 0. The average Bonchev–Trinajstić information content (AvgIpc) is 2.33. The molecule has 0 bridgehead atoms. The molecule has 0 aliphatic rings. The maximum absolute atomic E-state index is 13.3. The van der Waals surface area contributed by atoms with Gasteiger partial charge in [-0.3, -0.25) is 4.57 Å². The van der Waals surface area contributed by atoms with Crippen molar-refractivity contribution in [2.45, 2.75) is 48.5 Å². The highest BCUT2D eigenvalue weighted by molar-refractivity contribution is 7.62. The minimum absolute atomic E-state index is 0.312. The van der Waals surface area contributed by atoms with Gasteiger partial charge in [0, 0.05) is 0 Å². The first-order chi connectivity index (χ1) is 9.65. The molecule has 0 saturated carbocycles. The Morgan fingerprint density at radius 3 is 1.62 bits per heavy atom. The van der Waals surface area contributed by atoms with Gasteiger partial charge in [-0.2, -0.15) is 0 Å². The summed E-state index contributed by atoms with van der Waals surface area (Å²) in [5.41, 5.74) is 3.11. The second-order valence-corrected chi connectivity index (χ2v) is 8.58. The van der Waals surface area contributed by atoms with Gasteiger partial charge in [-0.1, -0.05) is 45.4 Å². The number of hydrogen-bond acceptors (Lipinski definition) is 3. The molecule has 0 saturated heterocycles. The second-order valence-electron chi connectivity index (χ2n) is 6.62. The van der Waals surface area contributed by atoms with Crippen LogP contribution < -0.4 is 5.30 Å². The van der Waals surface area contributed by atoms with Crippen LogP contribution in [0.15, 0.2) is 12.1 Å². The van der Waals surface area contributed by atoms with E-state index in [2.05, 4.69) is 0 Å². The van der Waals surface area contributed by atoms with Crippen LogP contribution in [-0.2, 0) is 13.6 Å². The van der Waals surface area contributed by atoms with Gasteiger partial charge < -0.3 is 9.05 Å². The van der Waals surface area contributed by atoms with Crippen molar-refractivity contribution in [1.82, 2.24) is 0 Å². The fourth-order valence-electron chi connectivity index (χ4n) is 2.27. The molecule has 0 atom stereocenters. The number of benzene rings is 1. The molecule has 0 aromatic heterocycles. The Morgan fingerprint density at radius 2 is 1.29 bits per heavy atom. The van der Waals surface area contributed by atoms with Gasteiger partial charge in [0.15, 0.2) is 0 Å². The average molecular weight is 312 g/mol. The predicted molar refractivity (Wildman–Crippen MR) is 89.5 cm³/mol. The van der Waals surface area contributed by atoms with Crippen molar-refractivity contribution >= 4 is 12.9 Å². The van der Waals surface area contributed by atoms with E-state index < -0.39 is 7.60 Å². The Bertz CT molecular complexity index is 482. The van der Waals surface area contributed by atoms with Gasteiger partial charge in [-0.05, 0) is 43.7 Å². The molecule has 3 nitrogen and oxygen atoms in total. The molecule has 0 amide bonds. The topological polar surface area (TPSA) is 35.5 Å². The van der Waals surface area contributed by atoms with E-state index in [4.69, 9.17) is 9.05 Å². The molecule has 0 aliphatic carbocycles. The largest absolute Gasteiger partial charge is 0.361 e. The first-order valence-corrected chi connectivity index (χ1v) is 9.17. The molecule has 0 heterocycles. The maximum Gasteiger partial charge on any atom is 0.361 e. The van der Waals surface area contributed by atoms with Crippen LogP contribution in [0.5, 0.6) is 0 Å². The molecule has 4 heteroatoms. The monoisotopic (exact) mass is 312 g/mol. The SMILES string of the molecule is Cc1cc(C)c(P(=O)(OCC(C)C)OCC(C)C)c(C)c1. The summed E-state index contributed by atoms with van der Waals surface area (Å²) in [6.45, 7) is 15.0. The third kappa shape index (κ3) is 5.25. The summed E-state index contributed by atoms with van der Waals surface area (Å²) in [6, 6.07) is 4.07. The number of rotatable bonds is 7. The predicted octanol–water partition coefficient (Wildman–Crippen LogP) is 4.78. The lowest BCUT2D eigenvalue weighted by Gasteiger charge is -2.24. The quantitative estimate of drug-likeness (QED) is 0.680. The van der Waals surface area contributed by atoms with E-state index in [9.17, 15) is 4.57 Å². The minimum Gasteiger partial charge on any atom is -0.305 e. The zero-order chi connectivity index (χ0) is 16.2. The van der Waals surface area contributed by atoms with Crippen molar-refractivity contribution in [3.63, 3.8) is 0 Å². The van der Waals surface area contributed by atoms with Crippen LogP contribution in [0, 0.1) is 32.6 Å². The van der Waals surface area contributed by atoms with E-state index in [0.717, 1.165) is 22.0 Å². The summed E-state index contributed by atoms with van der Waals surface area (Å²) in [5.74, 6) is 0.624. The second kappa shape index (κ2) is 7.58. The van der Waals surface area contributed by atoms with E-state index in [1.54, 1.807) is 0 Å². The third-order valence-corrected chi connectivity index (χ3v) is 5.30. The molecule has 1 aromatic carbocycles. The molecule has 0 unspecified atom stereocenters. The maximum atomic E-state index is 13.3. The van der Waals surface area contributed by atoms with E-state index >= 15 is 0 Å². The molecule has 0 aliphatic heterocycles. The Hall–Kier alpha value is -0.630. The third-order valence-electron chi connectivity index (χ3n) is 3.06. The highest BCUT2D eigenvalue weighted by atomic mass is 31.2. The van der Waals surface area contributed by atoms with Crippen LogP contribution in [-0.4, -0.2) is 13.2 Å². The standard InChI is InChI=1S/C17H29O3P/c1-12(2)10-19-21(18,20-11-13(3)4)17-15(6)8-14(5)9-16(17)7/h8-9,12-13H,10-11H2,1-7H3.